The second-order valence-corrected chi connectivity index (χ2v) is 9.07. The fourth-order valence-corrected chi connectivity index (χ4v) is 4.49. The number of H-pyrrole nitrogens is 1. The van der Waals surface area contributed by atoms with Crippen molar-refractivity contribution in [1.82, 2.24) is 10.3 Å². The van der Waals surface area contributed by atoms with Crippen molar-refractivity contribution in [3.05, 3.63) is 27.8 Å². The third-order valence-electron chi connectivity index (χ3n) is 5.69. The Kier molecular flexibility index (Phi) is 7.58. The Hall–Kier alpha value is -1.93. The lowest BCUT2D eigenvalue weighted by Crippen LogP contribution is -2.72. The highest BCUT2D eigenvalue weighted by Gasteiger charge is 2.61. The molecule has 13 heteroatoms. The van der Waals surface area contributed by atoms with Gasteiger partial charge in [-0.1, -0.05) is 18.5 Å². The molecule has 1 aromatic carbocycles. The number of nitrogens with one attached hydrogen (secondary N) is 2. The number of aliphatic hydroxyl groups is 4. The lowest BCUT2D eigenvalue weighted by atomic mass is 9.81. The Morgan fingerprint density at radius 2 is 2.06 bits per heavy atom. The van der Waals surface area contributed by atoms with Gasteiger partial charge in [0.05, 0.1) is 40.6 Å². The topological polar surface area (TPSA) is 182 Å². The van der Waals surface area contributed by atoms with E-state index in [0.717, 1.165) is 6.92 Å². The molecule has 1 aromatic heterocycles. The van der Waals surface area contributed by atoms with Crippen LogP contribution in [0, 0.1) is 5.92 Å². The molecule has 1 aliphatic rings. The zero-order chi connectivity index (χ0) is 24.7. The summed E-state index contributed by atoms with van der Waals surface area (Å²) in [6, 6.07) is 2.05. The van der Waals surface area contributed by atoms with E-state index in [0.29, 0.717) is 15.4 Å². The number of fused-ring (bicyclic) bond motifs is 1. The maximum Gasteiger partial charge on any atom is 0.377 e. The van der Waals surface area contributed by atoms with Crippen molar-refractivity contribution in [2.24, 2.45) is 5.92 Å². The standard InChI is InChI=1S/C20H24BrClN2O9/c1-7-16(28)15(24-8(2)26)18(17(29)11(27)6-25)33-20(7,19(30)31)32-12-5-23-10-4-3-9(21)14(22)13(10)12/h3-5,7,11,15-18,23,25,27-29H,6H2,1-2H3,(H,24,26)(H,30,31)/t7-,11-,15+,16+,17+,18-,20+/m0/s1. The number of halogens is 2. The largest absolute Gasteiger partial charge is 0.476 e. The van der Waals surface area contributed by atoms with E-state index >= 15 is 0 Å². The number of carboxylic acids is 1. The van der Waals surface area contributed by atoms with Crippen LogP contribution in [0.4, 0.5) is 0 Å². The molecule has 1 fully saturated rings. The van der Waals surface area contributed by atoms with Gasteiger partial charge in [-0.2, -0.15) is 0 Å². The highest BCUT2D eigenvalue weighted by Crippen LogP contribution is 2.43. The summed E-state index contributed by atoms with van der Waals surface area (Å²) in [6.07, 6.45) is -5.51. The predicted molar refractivity (Wildman–Crippen MR) is 119 cm³/mol. The number of carbonyl (C=O) groups excluding carboxylic acids is 1. The van der Waals surface area contributed by atoms with Crippen LogP contribution in [0.5, 0.6) is 5.75 Å². The first kappa shape index (κ1) is 25.7. The molecule has 0 radical (unpaired) electrons. The van der Waals surface area contributed by atoms with E-state index < -0.39 is 60.6 Å². The van der Waals surface area contributed by atoms with Gasteiger partial charge in [0.15, 0.2) is 5.75 Å². The van der Waals surface area contributed by atoms with Crippen molar-refractivity contribution in [2.45, 2.75) is 50.1 Å². The molecular weight excluding hydrogens is 528 g/mol. The van der Waals surface area contributed by atoms with E-state index in [4.69, 9.17) is 21.1 Å². The van der Waals surface area contributed by atoms with Gasteiger partial charge in [-0.05, 0) is 28.1 Å². The summed E-state index contributed by atoms with van der Waals surface area (Å²) >= 11 is 9.66. The number of hydrogen-bond acceptors (Lipinski definition) is 8. The number of rotatable bonds is 7. The Labute approximate surface area is 201 Å². The first-order chi connectivity index (χ1) is 15.4. The van der Waals surface area contributed by atoms with Crippen LogP contribution in [-0.2, 0) is 14.3 Å². The summed E-state index contributed by atoms with van der Waals surface area (Å²) in [5, 5.41) is 53.8. The SMILES string of the molecule is CC(=O)N[C@@H]1[C@H](O)[C@H](C)[C@](Oc2c[nH]c3ccc(Br)c(Cl)c23)(C(=O)O)O[C@@H]1[C@H](O)[C@@H](O)CO. The predicted octanol–water partition coefficient (Wildman–Crippen LogP) is 0.358. The van der Waals surface area contributed by atoms with Crippen LogP contribution in [0.3, 0.4) is 0 Å². The Balaban J connectivity index is 2.11. The minimum absolute atomic E-state index is 0.00771. The molecule has 3 rings (SSSR count). The van der Waals surface area contributed by atoms with Crippen molar-refractivity contribution in [2.75, 3.05) is 6.61 Å². The summed E-state index contributed by atoms with van der Waals surface area (Å²) in [7, 11) is 0. The van der Waals surface area contributed by atoms with Crippen LogP contribution in [-0.4, -0.2) is 85.2 Å². The molecule has 2 heterocycles. The van der Waals surface area contributed by atoms with E-state index in [-0.39, 0.29) is 10.8 Å². The van der Waals surface area contributed by atoms with Gasteiger partial charge < -0.3 is 45.3 Å². The highest BCUT2D eigenvalue weighted by atomic mass is 79.9. The number of aliphatic carboxylic acids is 1. The highest BCUT2D eigenvalue weighted by molar-refractivity contribution is 9.10. The Morgan fingerprint density at radius 3 is 2.64 bits per heavy atom. The third kappa shape index (κ3) is 4.56. The second-order valence-electron chi connectivity index (χ2n) is 7.84. The summed E-state index contributed by atoms with van der Waals surface area (Å²) in [5.41, 5.74) is 0.533. The summed E-state index contributed by atoms with van der Waals surface area (Å²) in [6.45, 7) is 1.61. The monoisotopic (exact) mass is 550 g/mol. The van der Waals surface area contributed by atoms with Crippen molar-refractivity contribution in [3.8, 4) is 5.75 Å². The van der Waals surface area contributed by atoms with Gasteiger partial charge in [-0.3, -0.25) is 4.79 Å². The quantitative estimate of drug-likeness (QED) is 0.255. The first-order valence-corrected chi connectivity index (χ1v) is 11.1. The maximum atomic E-state index is 12.5. The molecule has 1 aliphatic heterocycles. The number of amides is 1. The molecule has 7 N–H and O–H groups in total. The van der Waals surface area contributed by atoms with Crippen LogP contribution in [0.25, 0.3) is 10.9 Å². The molecule has 0 bridgehead atoms. The van der Waals surface area contributed by atoms with Crippen molar-refractivity contribution in [1.29, 1.82) is 0 Å². The zero-order valence-corrected chi connectivity index (χ0v) is 19.9. The molecule has 1 amide bonds. The Bertz CT molecular complexity index is 1050. The fraction of sp³-hybridized carbons (Fsp3) is 0.500. The van der Waals surface area contributed by atoms with Gasteiger partial charge in [0.2, 0.25) is 5.91 Å². The van der Waals surface area contributed by atoms with Crippen LogP contribution in [0.2, 0.25) is 5.02 Å². The second kappa shape index (κ2) is 9.74. The zero-order valence-electron chi connectivity index (χ0n) is 17.5. The number of benzene rings is 1. The van der Waals surface area contributed by atoms with E-state index in [1.807, 2.05) is 0 Å². The number of aromatic amines is 1. The molecule has 0 aliphatic carbocycles. The van der Waals surface area contributed by atoms with E-state index in [1.165, 1.54) is 13.1 Å². The van der Waals surface area contributed by atoms with Crippen molar-refractivity contribution in [3.63, 3.8) is 0 Å². The molecule has 0 spiro atoms. The van der Waals surface area contributed by atoms with Gasteiger partial charge in [-0.15, -0.1) is 0 Å². The van der Waals surface area contributed by atoms with Gasteiger partial charge in [-0.25, -0.2) is 4.79 Å². The molecule has 0 unspecified atom stereocenters. The van der Waals surface area contributed by atoms with E-state index in [2.05, 4.69) is 26.2 Å². The lowest BCUT2D eigenvalue weighted by Gasteiger charge is -2.49. The summed E-state index contributed by atoms with van der Waals surface area (Å²) in [5.74, 6) is -6.08. The van der Waals surface area contributed by atoms with Crippen LogP contribution >= 0.6 is 27.5 Å². The summed E-state index contributed by atoms with van der Waals surface area (Å²) in [4.78, 5) is 27.1. The van der Waals surface area contributed by atoms with Gasteiger partial charge in [0.1, 0.15) is 18.3 Å². The molecule has 7 atom stereocenters. The third-order valence-corrected chi connectivity index (χ3v) is 6.97. The molecule has 0 saturated carbocycles. The van der Waals surface area contributed by atoms with Gasteiger partial charge in [0.25, 0.3) is 0 Å². The fourth-order valence-electron chi connectivity index (χ4n) is 3.90. The average Bonchev–Trinajstić information content (AvgIpc) is 3.17. The molecule has 33 heavy (non-hydrogen) atoms. The minimum atomic E-state index is -2.56. The molecule has 1 saturated heterocycles. The minimum Gasteiger partial charge on any atom is -0.476 e. The number of carbonyl (C=O) groups is 2. The molecule has 182 valence electrons. The lowest BCUT2D eigenvalue weighted by molar-refractivity contribution is -0.306. The Morgan fingerprint density at radius 1 is 1.39 bits per heavy atom. The summed E-state index contributed by atoms with van der Waals surface area (Å²) < 4.78 is 12.1. The molecule has 2 aromatic rings. The number of ether oxygens (including phenoxy) is 2. The van der Waals surface area contributed by atoms with Gasteiger partial charge in [0, 0.05) is 17.6 Å². The molecular formula is C20H24BrClN2O9. The number of hydrogen-bond donors (Lipinski definition) is 7. The first-order valence-electron chi connectivity index (χ1n) is 9.92. The van der Waals surface area contributed by atoms with Gasteiger partial charge >= 0.3 is 11.8 Å². The molecule has 11 nitrogen and oxygen atoms in total. The van der Waals surface area contributed by atoms with Crippen molar-refractivity contribution >= 4 is 50.3 Å². The number of aromatic nitrogens is 1. The number of aliphatic hydroxyl groups excluding tert-OH is 4. The van der Waals surface area contributed by atoms with Crippen LogP contribution in [0.1, 0.15) is 13.8 Å². The van der Waals surface area contributed by atoms with Crippen LogP contribution < -0.4 is 10.1 Å². The normalized spacial score (nSPS) is 29.5. The van der Waals surface area contributed by atoms with Crippen LogP contribution in [0.15, 0.2) is 22.8 Å². The average molecular weight is 552 g/mol. The van der Waals surface area contributed by atoms with E-state index in [1.54, 1.807) is 12.1 Å². The van der Waals surface area contributed by atoms with Crippen molar-refractivity contribution < 1.29 is 44.6 Å². The smallest absolute Gasteiger partial charge is 0.377 e. The maximum absolute atomic E-state index is 12.5. The number of carboxylic acid groups (broad SMARTS) is 1. The van der Waals surface area contributed by atoms with E-state index in [9.17, 15) is 35.1 Å².